The van der Waals surface area contributed by atoms with Crippen LogP contribution in [0, 0.1) is 0 Å². The Kier molecular flexibility index (Phi) is 7.92. The lowest BCUT2D eigenvalue weighted by Crippen LogP contribution is -2.17. The third-order valence-electron chi connectivity index (χ3n) is 3.51. The maximum atomic E-state index is 6.09. The van der Waals surface area contributed by atoms with Gasteiger partial charge in [-0.2, -0.15) is 0 Å². The number of rotatable bonds is 9. The second kappa shape index (κ2) is 9.22. The Labute approximate surface area is 122 Å². The lowest BCUT2D eigenvalue weighted by molar-refractivity contribution is 0.396. The van der Waals surface area contributed by atoms with Gasteiger partial charge in [-0.25, -0.2) is 0 Å². The van der Waals surface area contributed by atoms with Crippen molar-refractivity contribution in [3.63, 3.8) is 0 Å². The van der Waals surface area contributed by atoms with Crippen molar-refractivity contribution in [3.8, 4) is 5.75 Å². The largest absolute Gasteiger partial charge is 0.496 e. The van der Waals surface area contributed by atoms with Crippen molar-refractivity contribution in [2.24, 2.45) is 0 Å². The van der Waals surface area contributed by atoms with E-state index in [1.54, 1.807) is 7.11 Å². The van der Waals surface area contributed by atoms with Gasteiger partial charge in [-0.3, -0.25) is 0 Å². The quantitative estimate of drug-likeness (QED) is 0.646. The summed E-state index contributed by atoms with van der Waals surface area (Å²) in [5.41, 5.74) is 1.16. The molecule has 0 spiro atoms. The minimum Gasteiger partial charge on any atom is -0.496 e. The summed E-state index contributed by atoms with van der Waals surface area (Å²) in [6.07, 6.45) is 7.62. The first-order chi connectivity index (χ1) is 9.22. The van der Waals surface area contributed by atoms with Crippen molar-refractivity contribution < 1.29 is 4.74 Å². The van der Waals surface area contributed by atoms with Crippen LogP contribution in [0.15, 0.2) is 18.2 Å². The number of ether oxygens (including phenoxy) is 1. The summed E-state index contributed by atoms with van der Waals surface area (Å²) >= 11 is 6.09. The smallest absolute Gasteiger partial charge is 0.123 e. The van der Waals surface area contributed by atoms with E-state index in [0.29, 0.717) is 6.04 Å². The Morgan fingerprint density at radius 2 is 1.95 bits per heavy atom. The molecule has 2 nitrogen and oxygen atoms in total. The Bertz CT molecular complexity index is 368. The van der Waals surface area contributed by atoms with Gasteiger partial charge in [0.05, 0.1) is 7.11 Å². The second-order valence-corrected chi connectivity index (χ2v) is 5.37. The maximum absolute atomic E-state index is 6.09. The predicted molar refractivity (Wildman–Crippen MR) is 83.2 cm³/mol. The number of hydrogen-bond acceptors (Lipinski definition) is 2. The molecule has 1 rings (SSSR count). The third kappa shape index (κ3) is 5.42. The Balaban J connectivity index is 2.60. The van der Waals surface area contributed by atoms with E-state index in [9.17, 15) is 0 Å². The third-order valence-corrected chi connectivity index (χ3v) is 3.75. The molecular weight excluding hydrogens is 258 g/mol. The van der Waals surface area contributed by atoms with Crippen molar-refractivity contribution in [2.75, 3.05) is 14.2 Å². The van der Waals surface area contributed by atoms with Gasteiger partial charge in [0.25, 0.3) is 0 Å². The zero-order chi connectivity index (χ0) is 14.1. The zero-order valence-corrected chi connectivity index (χ0v) is 13.1. The first-order valence-corrected chi connectivity index (χ1v) is 7.61. The summed E-state index contributed by atoms with van der Waals surface area (Å²) < 4.78 is 5.43. The van der Waals surface area contributed by atoms with Crippen LogP contribution >= 0.6 is 11.6 Å². The lowest BCUT2D eigenvalue weighted by atomic mass is 9.99. The first-order valence-electron chi connectivity index (χ1n) is 7.23. The van der Waals surface area contributed by atoms with Crippen molar-refractivity contribution in [3.05, 3.63) is 28.8 Å². The van der Waals surface area contributed by atoms with E-state index in [-0.39, 0.29) is 0 Å². The highest BCUT2D eigenvalue weighted by Gasteiger charge is 2.14. The van der Waals surface area contributed by atoms with Gasteiger partial charge in [0.2, 0.25) is 0 Å². The van der Waals surface area contributed by atoms with E-state index < -0.39 is 0 Å². The van der Waals surface area contributed by atoms with Gasteiger partial charge in [0, 0.05) is 16.6 Å². The fraction of sp³-hybridized carbons (Fsp3) is 0.625. The van der Waals surface area contributed by atoms with Gasteiger partial charge in [0.15, 0.2) is 0 Å². The van der Waals surface area contributed by atoms with Gasteiger partial charge in [-0.05, 0) is 31.7 Å². The Morgan fingerprint density at radius 3 is 2.58 bits per heavy atom. The summed E-state index contributed by atoms with van der Waals surface area (Å²) in [5.74, 6) is 0.914. The molecule has 1 unspecified atom stereocenters. The molecule has 19 heavy (non-hydrogen) atoms. The van der Waals surface area contributed by atoms with Crippen LogP contribution in [0.4, 0.5) is 0 Å². The molecule has 1 aromatic rings. The van der Waals surface area contributed by atoms with Gasteiger partial charge in [0.1, 0.15) is 5.75 Å². The molecule has 1 aromatic carbocycles. The van der Waals surface area contributed by atoms with Crippen LogP contribution < -0.4 is 10.1 Å². The van der Waals surface area contributed by atoms with Gasteiger partial charge >= 0.3 is 0 Å². The fourth-order valence-electron chi connectivity index (χ4n) is 2.38. The van der Waals surface area contributed by atoms with Crippen molar-refractivity contribution in [1.29, 1.82) is 0 Å². The average Bonchev–Trinajstić information content (AvgIpc) is 2.43. The summed E-state index contributed by atoms with van der Waals surface area (Å²) in [6.45, 7) is 2.24. The molecule has 0 saturated carbocycles. The van der Waals surface area contributed by atoms with Crippen LogP contribution in [0.25, 0.3) is 0 Å². The zero-order valence-electron chi connectivity index (χ0n) is 12.3. The Hall–Kier alpha value is -0.730. The van der Waals surface area contributed by atoms with Crippen molar-refractivity contribution in [1.82, 2.24) is 5.32 Å². The molecule has 1 atom stereocenters. The van der Waals surface area contributed by atoms with Crippen molar-refractivity contribution in [2.45, 2.75) is 51.5 Å². The van der Waals surface area contributed by atoms with Gasteiger partial charge in [-0.1, -0.05) is 50.6 Å². The second-order valence-electron chi connectivity index (χ2n) is 4.93. The molecule has 0 fully saturated rings. The topological polar surface area (TPSA) is 21.3 Å². The van der Waals surface area contributed by atoms with E-state index in [1.807, 2.05) is 25.2 Å². The molecule has 0 bridgehead atoms. The highest BCUT2D eigenvalue weighted by molar-refractivity contribution is 6.30. The molecule has 0 saturated heterocycles. The molecule has 0 aliphatic carbocycles. The number of halogens is 1. The number of benzene rings is 1. The maximum Gasteiger partial charge on any atom is 0.123 e. The summed E-state index contributed by atoms with van der Waals surface area (Å²) in [6, 6.07) is 6.14. The molecule has 0 radical (unpaired) electrons. The minimum atomic E-state index is 0.315. The lowest BCUT2D eigenvalue weighted by Gasteiger charge is -2.19. The number of unbranched alkanes of at least 4 members (excludes halogenated alkanes) is 4. The molecule has 1 N–H and O–H groups in total. The molecule has 0 amide bonds. The normalized spacial score (nSPS) is 12.4. The Morgan fingerprint density at radius 1 is 1.21 bits per heavy atom. The van der Waals surface area contributed by atoms with Crippen molar-refractivity contribution >= 4 is 11.6 Å². The predicted octanol–water partition coefficient (Wildman–Crippen LogP) is 4.97. The molecule has 0 aliphatic heterocycles. The van der Waals surface area contributed by atoms with E-state index in [4.69, 9.17) is 16.3 Å². The summed E-state index contributed by atoms with van der Waals surface area (Å²) in [7, 11) is 3.71. The van der Waals surface area contributed by atoms with E-state index in [2.05, 4.69) is 12.2 Å². The van der Waals surface area contributed by atoms with Crippen LogP contribution in [-0.2, 0) is 0 Å². The highest BCUT2D eigenvalue weighted by atomic mass is 35.5. The van der Waals surface area contributed by atoms with E-state index >= 15 is 0 Å². The highest BCUT2D eigenvalue weighted by Crippen LogP contribution is 2.31. The molecule has 0 aliphatic rings. The molecule has 0 heterocycles. The SMILES string of the molecule is CCCCCCCC(NC)c1cc(Cl)ccc1OC. The fourth-order valence-corrected chi connectivity index (χ4v) is 2.57. The van der Waals surface area contributed by atoms with Crippen LogP contribution in [0.5, 0.6) is 5.75 Å². The number of methoxy groups -OCH3 is 1. The first kappa shape index (κ1) is 16.3. The van der Waals surface area contributed by atoms with Crippen LogP contribution in [0.2, 0.25) is 5.02 Å². The van der Waals surface area contributed by atoms with E-state index in [1.165, 1.54) is 32.1 Å². The molecule has 0 aromatic heterocycles. The monoisotopic (exact) mass is 283 g/mol. The van der Waals surface area contributed by atoms with Crippen LogP contribution in [0.3, 0.4) is 0 Å². The molecule has 108 valence electrons. The summed E-state index contributed by atoms with van der Waals surface area (Å²) in [4.78, 5) is 0. The standard InChI is InChI=1S/C16H26ClNO/c1-4-5-6-7-8-9-15(18-2)14-12-13(17)10-11-16(14)19-3/h10-12,15,18H,4-9H2,1-3H3. The molecular formula is C16H26ClNO. The number of hydrogen-bond donors (Lipinski definition) is 1. The van der Waals surface area contributed by atoms with E-state index in [0.717, 1.165) is 22.8 Å². The average molecular weight is 284 g/mol. The minimum absolute atomic E-state index is 0.315. The number of nitrogens with one attached hydrogen (secondary N) is 1. The van der Waals surface area contributed by atoms with Gasteiger partial charge in [-0.15, -0.1) is 0 Å². The van der Waals surface area contributed by atoms with Crippen LogP contribution in [0.1, 0.15) is 57.1 Å². The van der Waals surface area contributed by atoms with Crippen LogP contribution in [-0.4, -0.2) is 14.2 Å². The van der Waals surface area contributed by atoms with Gasteiger partial charge < -0.3 is 10.1 Å². The summed E-state index contributed by atoms with van der Waals surface area (Å²) in [5, 5.41) is 4.14. The molecule has 3 heteroatoms.